The van der Waals surface area contributed by atoms with Crippen molar-refractivity contribution in [3.63, 3.8) is 0 Å². The first-order chi connectivity index (χ1) is 12.3. The number of ether oxygens (including phenoxy) is 2. The summed E-state index contributed by atoms with van der Waals surface area (Å²) in [6, 6.07) is 2.52. The standard InChI is InChI=1S/C13H12ClN3O8S/c1-22-10(18)5-17-4-7(24-13(17)19)6-23-26(20,21)9-3-2-8(14)11-12(9)16-25-15-11/h2-3,7H,4-6H2,1H3/t7-/m0/s1. The average Bonchev–Trinajstić information content (AvgIpc) is 3.21. The van der Waals surface area contributed by atoms with Gasteiger partial charge in [-0.2, -0.15) is 8.42 Å². The molecule has 11 nitrogen and oxygen atoms in total. The smallest absolute Gasteiger partial charge is 0.410 e. The quantitative estimate of drug-likeness (QED) is 0.495. The maximum Gasteiger partial charge on any atom is 0.410 e. The van der Waals surface area contributed by atoms with E-state index in [1.807, 2.05) is 0 Å². The second-order valence-corrected chi connectivity index (χ2v) is 7.20. The largest absolute Gasteiger partial charge is 0.468 e. The summed E-state index contributed by atoms with van der Waals surface area (Å²) in [4.78, 5) is 23.7. The minimum Gasteiger partial charge on any atom is -0.468 e. The van der Waals surface area contributed by atoms with Crippen LogP contribution in [0.25, 0.3) is 11.0 Å². The third-order valence-corrected chi connectivity index (χ3v) is 5.12. The number of halogens is 1. The van der Waals surface area contributed by atoms with Crippen molar-refractivity contribution in [3.05, 3.63) is 17.2 Å². The molecular formula is C13H12ClN3O8S. The Labute approximate surface area is 151 Å². The van der Waals surface area contributed by atoms with E-state index in [0.717, 1.165) is 4.90 Å². The Morgan fingerprint density at radius 2 is 2.12 bits per heavy atom. The SMILES string of the molecule is COC(=O)CN1C[C@@H](COS(=O)(=O)c2ccc(Cl)c3nonc23)OC1=O. The summed E-state index contributed by atoms with van der Waals surface area (Å²) in [5.41, 5.74) is 0.00104. The molecule has 1 amide bonds. The highest BCUT2D eigenvalue weighted by Crippen LogP contribution is 2.28. The summed E-state index contributed by atoms with van der Waals surface area (Å²) in [6.45, 7) is -0.771. The van der Waals surface area contributed by atoms with E-state index in [-0.39, 0.29) is 34.0 Å². The fourth-order valence-electron chi connectivity index (χ4n) is 2.26. The topological polar surface area (TPSA) is 138 Å². The fourth-order valence-corrected chi connectivity index (χ4v) is 3.51. The van der Waals surface area contributed by atoms with Crippen LogP contribution in [0.4, 0.5) is 4.79 Å². The van der Waals surface area contributed by atoms with Crippen LogP contribution >= 0.6 is 11.6 Å². The predicted molar refractivity (Wildman–Crippen MR) is 83.8 cm³/mol. The maximum absolute atomic E-state index is 12.4. The number of methoxy groups -OCH3 is 1. The van der Waals surface area contributed by atoms with Crippen LogP contribution in [0.15, 0.2) is 21.7 Å². The van der Waals surface area contributed by atoms with E-state index < -0.39 is 34.9 Å². The fraction of sp³-hybridized carbons (Fsp3) is 0.385. The zero-order valence-corrected chi connectivity index (χ0v) is 14.8. The first-order valence-corrected chi connectivity index (χ1v) is 8.93. The number of benzene rings is 1. The Morgan fingerprint density at radius 1 is 1.38 bits per heavy atom. The van der Waals surface area contributed by atoms with Crippen molar-refractivity contribution in [2.75, 3.05) is 26.8 Å². The van der Waals surface area contributed by atoms with Crippen LogP contribution in [0.2, 0.25) is 5.02 Å². The van der Waals surface area contributed by atoms with Crippen LogP contribution in [-0.4, -0.2) is 68.6 Å². The lowest BCUT2D eigenvalue weighted by molar-refractivity contribution is -0.141. The van der Waals surface area contributed by atoms with Gasteiger partial charge in [0.25, 0.3) is 10.1 Å². The molecule has 0 bridgehead atoms. The highest BCUT2D eigenvalue weighted by Gasteiger charge is 2.34. The van der Waals surface area contributed by atoms with Gasteiger partial charge in [0.15, 0.2) is 11.0 Å². The van der Waals surface area contributed by atoms with Gasteiger partial charge in [-0.25, -0.2) is 9.42 Å². The van der Waals surface area contributed by atoms with Crippen molar-refractivity contribution in [2.45, 2.75) is 11.0 Å². The molecule has 1 aliphatic heterocycles. The minimum absolute atomic E-state index is 0.0228. The molecule has 0 saturated carbocycles. The summed E-state index contributed by atoms with van der Waals surface area (Å²) in [6.07, 6.45) is -1.64. The first kappa shape index (κ1) is 18.4. The molecule has 2 aromatic rings. The number of hydrogen-bond donors (Lipinski definition) is 0. The van der Waals surface area contributed by atoms with Gasteiger partial charge in [0.2, 0.25) is 0 Å². The van der Waals surface area contributed by atoms with Crippen molar-refractivity contribution in [3.8, 4) is 0 Å². The van der Waals surface area contributed by atoms with Gasteiger partial charge in [0, 0.05) is 0 Å². The van der Waals surface area contributed by atoms with Crippen molar-refractivity contribution >= 4 is 44.8 Å². The van der Waals surface area contributed by atoms with E-state index in [2.05, 4.69) is 19.7 Å². The number of fused-ring (bicyclic) bond motifs is 1. The number of esters is 1. The van der Waals surface area contributed by atoms with Crippen LogP contribution in [0.5, 0.6) is 0 Å². The van der Waals surface area contributed by atoms with E-state index in [4.69, 9.17) is 20.5 Å². The van der Waals surface area contributed by atoms with E-state index >= 15 is 0 Å². The molecular weight excluding hydrogens is 394 g/mol. The highest BCUT2D eigenvalue weighted by molar-refractivity contribution is 7.87. The van der Waals surface area contributed by atoms with Crippen LogP contribution in [0, 0.1) is 0 Å². The second-order valence-electron chi connectivity index (χ2n) is 5.21. The molecule has 1 aromatic carbocycles. The second kappa shape index (κ2) is 7.05. The summed E-state index contributed by atoms with van der Waals surface area (Å²) in [5, 5.41) is 7.21. The predicted octanol–water partition coefficient (Wildman–Crippen LogP) is 0.575. The van der Waals surface area contributed by atoms with Crippen molar-refractivity contribution in [1.29, 1.82) is 0 Å². The summed E-state index contributed by atoms with van der Waals surface area (Å²) in [5.74, 6) is -0.627. The van der Waals surface area contributed by atoms with Gasteiger partial charge in [-0.1, -0.05) is 11.6 Å². The van der Waals surface area contributed by atoms with Gasteiger partial charge in [0.05, 0.1) is 18.7 Å². The third kappa shape index (κ3) is 3.57. The molecule has 0 N–H and O–H groups in total. The van der Waals surface area contributed by atoms with Gasteiger partial charge in [-0.3, -0.25) is 13.9 Å². The molecule has 1 saturated heterocycles. The molecule has 1 fully saturated rings. The van der Waals surface area contributed by atoms with E-state index in [1.165, 1.54) is 19.2 Å². The molecule has 3 rings (SSSR count). The summed E-state index contributed by atoms with van der Waals surface area (Å²) >= 11 is 5.89. The Bertz CT molecular complexity index is 959. The summed E-state index contributed by atoms with van der Waals surface area (Å²) < 4.78 is 43.7. The van der Waals surface area contributed by atoms with E-state index in [9.17, 15) is 18.0 Å². The number of amides is 1. The van der Waals surface area contributed by atoms with Crippen LogP contribution in [-0.2, 0) is 28.6 Å². The zero-order chi connectivity index (χ0) is 18.9. The number of hydrogen-bond acceptors (Lipinski definition) is 10. The van der Waals surface area contributed by atoms with Crippen LogP contribution in [0.3, 0.4) is 0 Å². The Hall–Kier alpha value is -2.44. The first-order valence-electron chi connectivity index (χ1n) is 7.14. The number of cyclic esters (lactones) is 1. The van der Waals surface area contributed by atoms with Gasteiger partial charge in [0.1, 0.15) is 24.2 Å². The maximum atomic E-state index is 12.4. The summed E-state index contributed by atoms with van der Waals surface area (Å²) in [7, 11) is -3.06. The molecule has 0 aliphatic carbocycles. The molecule has 0 spiro atoms. The number of aromatic nitrogens is 2. The number of rotatable bonds is 6. The Balaban J connectivity index is 1.69. The van der Waals surface area contributed by atoms with Gasteiger partial charge < -0.3 is 9.47 Å². The molecule has 2 heterocycles. The molecule has 0 unspecified atom stereocenters. The lowest BCUT2D eigenvalue weighted by Gasteiger charge is -2.11. The average molecular weight is 406 g/mol. The van der Waals surface area contributed by atoms with E-state index in [1.54, 1.807) is 0 Å². The molecule has 13 heteroatoms. The monoisotopic (exact) mass is 405 g/mol. The zero-order valence-electron chi connectivity index (χ0n) is 13.2. The van der Waals surface area contributed by atoms with E-state index in [0.29, 0.717) is 0 Å². The molecule has 1 atom stereocenters. The van der Waals surface area contributed by atoms with Gasteiger partial charge in [-0.05, 0) is 22.4 Å². The molecule has 26 heavy (non-hydrogen) atoms. The lowest BCUT2D eigenvalue weighted by atomic mass is 10.3. The number of nitrogens with zero attached hydrogens (tertiary/aromatic N) is 3. The molecule has 1 aliphatic rings. The molecule has 1 aromatic heterocycles. The lowest BCUT2D eigenvalue weighted by Crippen LogP contribution is -2.32. The minimum atomic E-state index is -4.25. The third-order valence-electron chi connectivity index (χ3n) is 3.50. The van der Waals surface area contributed by atoms with Crippen LogP contribution < -0.4 is 0 Å². The van der Waals surface area contributed by atoms with Crippen molar-refractivity contribution in [2.24, 2.45) is 0 Å². The Kier molecular flexibility index (Phi) is 4.98. The van der Waals surface area contributed by atoms with Crippen LogP contribution in [0.1, 0.15) is 0 Å². The number of carbonyl (C=O) groups is 2. The Morgan fingerprint density at radius 3 is 2.85 bits per heavy atom. The normalized spacial score (nSPS) is 17.5. The van der Waals surface area contributed by atoms with Gasteiger partial charge >= 0.3 is 12.1 Å². The van der Waals surface area contributed by atoms with Gasteiger partial charge in [-0.15, -0.1) is 0 Å². The molecule has 0 radical (unpaired) electrons. The van der Waals surface area contributed by atoms with Crippen molar-refractivity contribution < 1.29 is 36.3 Å². The molecule has 140 valence electrons. The number of carbonyl (C=O) groups excluding carboxylic acids is 2. The van der Waals surface area contributed by atoms with Crippen molar-refractivity contribution in [1.82, 2.24) is 15.2 Å². The highest BCUT2D eigenvalue weighted by atomic mass is 35.5.